The maximum absolute atomic E-state index is 12.6. The van der Waals surface area contributed by atoms with Crippen molar-refractivity contribution in [2.45, 2.75) is 227 Å². The molecule has 0 bridgehead atoms. The van der Waals surface area contributed by atoms with Crippen molar-refractivity contribution < 1.29 is 87.3 Å². The average molecular weight is 1530 g/mol. The van der Waals surface area contributed by atoms with Crippen molar-refractivity contribution in [2.75, 3.05) is 26.4 Å². The summed E-state index contributed by atoms with van der Waals surface area (Å²) in [7, 11) is 0. The van der Waals surface area contributed by atoms with Crippen LogP contribution in [-0.2, 0) is 83.7 Å². The number of carbonyl (C=O) groups excluding carboxylic acids is 5. The number of ether oxygens (including phenoxy) is 4. The van der Waals surface area contributed by atoms with E-state index in [9.17, 15) is 33.6 Å². The normalized spacial score (nSPS) is 19.1. The third-order valence-corrected chi connectivity index (χ3v) is 22.9. The van der Waals surface area contributed by atoms with E-state index in [0.29, 0.717) is 56.3 Å². The van der Waals surface area contributed by atoms with Gasteiger partial charge in [0.2, 0.25) is 0 Å². The van der Waals surface area contributed by atoms with Gasteiger partial charge in [-0.15, -0.1) is 0 Å². The zero-order valence-electron chi connectivity index (χ0n) is 67.1. The predicted octanol–water partition coefficient (Wildman–Crippen LogP) is 21.0. The van der Waals surface area contributed by atoms with Crippen LogP contribution in [0.25, 0.3) is 17.2 Å². The Labute approximate surface area is 658 Å². The molecule has 14 nitrogen and oxygen atoms in total. The number of aliphatic hydroxyl groups excluding tert-OH is 1. The van der Waals surface area contributed by atoms with E-state index >= 15 is 0 Å². The molecule has 0 amide bonds. The van der Waals surface area contributed by atoms with Gasteiger partial charge in [0, 0.05) is 71.3 Å². The molecule has 572 valence electrons. The molecule has 5 aliphatic carbocycles. The van der Waals surface area contributed by atoms with Crippen LogP contribution in [0.5, 0.6) is 0 Å². The van der Waals surface area contributed by atoms with Crippen molar-refractivity contribution in [3.05, 3.63) is 263 Å². The number of benzene rings is 7. The standard InChI is InChI=1S/C23H22O3.C18H26O2.C16H20O3.C15H18O.C14H16O2.C8H8O3.Zn/c1-15-12-13-23(2,3)20-14-18(9-10-19(15)20)21(24)11-6-16-4-7-17(8-5-16)22(25)26;1-5-13-8-9-17(2,3)16-12-14(6-7-15(13)16)18(4)19-10-11-20-18;1-15(2)7-6-14(17)12-5-4-11(10-13(12)15)16(3)18-8-9-19-16;1-10-7-8-15(3,4)14-9-12(11(2)16)5-6-13(10)14;1-9(15)10-4-5-11-12(8-10)14(2,3)7-6-13(11)16;9-5-6-1-3-7(4-2-6)8(10)11;/h4-12,14H,13H2,1-3H3,(H,25,26);6-7,12-13H,5,8-11H2,1-4H3;4-5,10H,6-9H2,1-3H3;5-7,9H,8H2,1-4H3;4-5,8H,6-7H2,1-3H3;1-4,9H,5H2,(H,10,11);/b11-6+;;;;;;. The van der Waals surface area contributed by atoms with Gasteiger partial charge in [0.05, 0.1) is 44.2 Å². The van der Waals surface area contributed by atoms with E-state index in [1.807, 2.05) is 56.3 Å². The summed E-state index contributed by atoms with van der Waals surface area (Å²) in [6.07, 6.45) is 16.6. The Morgan fingerprint density at radius 2 is 0.817 bits per heavy atom. The molecule has 109 heavy (non-hydrogen) atoms. The zero-order valence-corrected chi connectivity index (χ0v) is 70.1. The Bertz CT molecular complexity index is 4620. The van der Waals surface area contributed by atoms with Crippen LogP contribution < -0.4 is 0 Å². The number of aromatic carboxylic acids is 2. The fraction of sp³-hybridized carbons (Fsp3) is 0.415. The minimum Gasteiger partial charge on any atom is -0.478 e. The van der Waals surface area contributed by atoms with Gasteiger partial charge in [-0.25, -0.2) is 9.59 Å². The molecule has 2 heterocycles. The number of carboxylic acids is 2. The van der Waals surface area contributed by atoms with Crippen molar-refractivity contribution in [3.63, 3.8) is 0 Å². The summed E-state index contributed by atoms with van der Waals surface area (Å²) in [5, 5.41) is 26.0. The van der Waals surface area contributed by atoms with Crippen molar-refractivity contribution in [3.8, 4) is 0 Å². The maximum atomic E-state index is 12.6. The second-order valence-corrected chi connectivity index (χ2v) is 33.1. The van der Waals surface area contributed by atoms with Crippen LogP contribution in [0.2, 0.25) is 0 Å². The number of ketones is 5. The molecule has 0 saturated carbocycles. The van der Waals surface area contributed by atoms with E-state index in [-0.39, 0.29) is 93.2 Å². The average Bonchev–Trinajstić information content (AvgIpc) is 1.72. The van der Waals surface area contributed by atoms with E-state index < -0.39 is 23.5 Å². The number of Topliss-reactive ketones (excluding diaryl/α,β-unsaturated/α-hetero) is 4. The second kappa shape index (κ2) is 35.2. The van der Waals surface area contributed by atoms with Gasteiger partial charge in [-0.05, 0) is 247 Å². The Morgan fingerprint density at radius 3 is 1.25 bits per heavy atom. The van der Waals surface area contributed by atoms with Crippen LogP contribution in [0.1, 0.15) is 321 Å². The first-order valence-electron chi connectivity index (χ1n) is 37.9. The first-order valence-corrected chi connectivity index (χ1v) is 37.9. The SMILES string of the molecule is CC(=O)c1ccc2c(c1)C(C)(C)CC=C2C.CC(=O)c1ccc2c(c1)C(C)(C)CCC2=O.CC1(C)CCC(=O)c2ccc(C3(C)OCCO3)cc21.CC1=CCC(C)(C)c2cc(C(=O)/C=C/c3ccc(C(=O)O)cc3)ccc21.CCC1CCC(C)(C)c2cc(C3(C)OCCO3)ccc21.O=C(O)c1ccc(CO)cc1.[Zn]. The van der Waals surface area contributed by atoms with E-state index in [1.54, 1.807) is 56.3 Å². The maximum Gasteiger partial charge on any atom is 0.335 e. The van der Waals surface area contributed by atoms with Crippen molar-refractivity contribution in [1.82, 2.24) is 0 Å². The third kappa shape index (κ3) is 20.4. The summed E-state index contributed by atoms with van der Waals surface area (Å²) in [4.78, 5) is 80.3. The molecule has 2 aliphatic heterocycles. The summed E-state index contributed by atoms with van der Waals surface area (Å²) in [5.41, 5.74) is 21.2. The number of aliphatic hydroxyl groups is 1. The van der Waals surface area contributed by atoms with E-state index in [4.69, 9.17) is 34.3 Å². The molecule has 0 spiro atoms. The summed E-state index contributed by atoms with van der Waals surface area (Å²) in [6, 6.07) is 42.8. The van der Waals surface area contributed by atoms with Crippen molar-refractivity contribution in [1.29, 1.82) is 0 Å². The van der Waals surface area contributed by atoms with Gasteiger partial charge in [0.15, 0.2) is 40.5 Å². The topological polar surface area (TPSA) is 217 Å². The Morgan fingerprint density at radius 1 is 0.450 bits per heavy atom. The van der Waals surface area contributed by atoms with E-state index in [1.165, 1.54) is 99.7 Å². The fourth-order valence-corrected chi connectivity index (χ4v) is 15.3. The number of rotatable bonds is 11. The number of allylic oxidation sites excluding steroid dienone is 5. The molecule has 7 aromatic carbocycles. The second-order valence-electron chi connectivity index (χ2n) is 33.1. The molecule has 2 fully saturated rings. The molecule has 1 atom stereocenters. The minimum atomic E-state index is -0.961. The van der Waals surface area contributed by atoms with E-state index in [2.05, 4.69) is 139 Å². The molecule has 0 aromatic heterocycles. The molecule has 0 radical (unpaired) electrons. The summed E-state index contributed by atoms with van der Waals surface area (Å²) in [6.45, 7) is 38.5. The van der Waals surface area contributed by atoms with Gasteiger partial charge in [0.1, 0.15) is 0 Å². The zero-order chi connectivity index (χ0) is 79.1. The van der Waals surface area contributed by atoms with Gasteiger partial charge in [0.25, 0.3) is 0 Å². The number of fused-ring (bicyclic) bond motifs is 5. The monoisotopic (exact) mass is 1530 g/mol. The molecule has 15 heteroatoms. The van der Waals surface area contributed by atoms with Crippen LogP contribution in [0, 0.1) is 0 Å². The molecule has 7 aromatic rings. The molecule has 7 aliphatic rings. The summed E-state index contributed by atoms with van der Waals surface area (Å²) < 4.78 is 23.0. The summed E-state index contributed by atoms with van der Waals surface area (Å²) >= 11 is 0. The van der Waals surface area contributed by atoms with Crippen LogP contribution >= 0.6 is 0 Å². The number of carboxylic acid groups (broad SMARTS) is 2. The summed E-state index contributed by atoms with van der Waals surface area (Å²) in [5.74, 6) is -1.82. The number of carbonyl (C=O) groups is 7. The van der Waals surface area contributed by atoms with Crippen LogP contribution in [0.4, 0.5) is 0 Å². The molecular weight excluding hydrogens is 1420 g/mol. The molecule has 2 saturated heterocycles. The van der Waals surface area contributed by atoms with Gasteiger partial charge >= 0.3 is 11.9 Å². The fourth-order valence-electron chi connectivity index (χ4n) is 15.3. The first kappa shape index (κ1) is 86.1. The van der Waals surface area contributed by atoms with Gasteiger partial charge < -0.3 is 34.3 Å². The minimum absolute atomic E-state index is 0. The van der Waals surface area contributed by atoms with Crippen LogP contribution in [0.15, 0.2) is 158 Å². The van der Waals surface area contributed by atoms with Gasteiger partial charge in [-0.3, -0.25) is 24.0 Å². The molecular formula is C94H110O14Zn. The third-order valence-electron chi connectivity index (χ3n) is 22.9. The van der Waals surface area contributed by atoms with Crippen molar-refractivity contribution >= 4 is 58.1 Å². The largest absolute Gasteiger partial charge is 0.478 e. The molecule has 3 N–H and O–H groups in total. The van der Waals surface area contributed by atoms with Gasteiger partial charge in [-0.2, -0.15) is 0 Å². The predicted molar refractivity (Wildman–Crippen MR) is 428 cm³/mol. The van der Waals surface area contributed by atoms with E-state index in [0.717, 1.165) is 70.2 Å². The Balaban J connectivity index is 0.000000167. The number of hydrogen-bond donors (Lipinski definition) is 3. The molecule has 1 unspecified atom stereocenters. The smallest absolute Gasteiger partial charge is 0.335 e. The first-order chi connectivity index (χ1) is 50.7. The van der Waals surface area contributed by atoms with Gasteiger partial charge in [-0.1, -0.05) is 179 Å². The Hall–Kier alpha value is -8.53. The van der Waals surface area contributed by atoms with Crippen LogP contribution in [0.3, 0.4) is 0 Å². The molecule has 14 rings (SSSR count). The quantitative estimate of drug-likeness (QED) is 0.0624. The Kier molecular flexibility index (Phi) is 27.8. The van der Waals surface area contributed by atoms with Crippen LogP contribution in [-0.4, -0.2) is 82.6 Å². The number of hydrogen-bond acceptors (Lipinski definition) is 12. The van der Waals surface area contributed by atoms with Crippen molar-refractivity contribution in [2.24, 2.45) is 0 Å².